The van der Waals surface area contributed by atoms with Gasteiger partial charge in [-0.15, -0.1) is 0 Å². The Balaban J connectivity index is 1.86. The summed E-state index contributed by atoms with van der Waals surface area (Å²) in [7, 11) is 3.98. The molecule has 9 heteroatoms. The predicted molar refractivity (Wildman–Crippen MR) is 127 cm³/mol. The van der Waals surface area contributed by atoms with Crippen molar-refractivity contribution in [3.05, 3.63) is 68.7 Å². The van der Waals surface area contributed by atoms with Gasteiger partial charge in [-0.05, 0) is 75.5 Å². The highest BCUT2D eigenvalue weighted by Crippen LogP contribution is 2.33. The number of hydrogen-bond donors (Lipinski definition) is 0. The van der Waals surface area contributed by atoms with Gasteiger partial charge in [-0.2, -0.15) is 0 Å². The molecule has 3 rings (SSSR count). The molecule has 2 aromatic carbocycles. The number of nitrogens with zero attached hydrogens (tertiary/aromatic N) is 4. The van der Waals surface area contributed by atoms with Gasteiger partial charge in [-0.3, -0.25) is 19.8 Å². The van der Waals surface area contributed by atoms with Crippen LogP contribution < -0.4 is 4.90 Å². The van der Waals surface area contributed by atoms with Gasteiger partial charge in [0, 0.05) is 29.8 Å². The number of halogens is 1. The van der Waals surface area contributed by atoms with Crippen molar-refractivity contribution in [1.82, 2.24) is 9.88 Å². The molecule has 0 fully saturated rings. The Labute approximate surface area is 189 Å². The highest BCUT2D eigenvalue weighted by molar-refractivity contribution is 7.22. The molecule has 0 saturated carbocycles. The number of amides is 1. The number of aromatic nitrogens is 1. The van der Waals surface area contributed by atoms with E-state index in [0.717, 1.165) is 28.7 Å². The summed E-state index contributed by atoms with van der Waals surface area (Å²) >= 11 is 7.62. The summed E-state index contributed by atoms with van der Waals surface area (Å²) in [6.07, 6.45) is 3.92. The Bertz CT molecular complexity index is 1130. The summed E-state index contributed by atoms with van der Waals surface area (Å²) < 4.78 is 0.935. The van der Waals surface area contributed by atoms with E-state index in [-0.39, 0.29) is 11.6 Å². The van der Waals surface area contributed by atoms with Gasteiger partial charge in [-0.25, -0.2) is 4.98 Å². The van der Waals surface area contributed by atoms with Crippen LogP contribution in [0.3, 0.4) is 0 Å². The molecule has 0 spiro atoms. The highest BCUT2D eigenvalue weighted by atomic mass is 35.5. The quantitative estimate of drug-likeness (QED) is 0.264. The number of nitro benzene ring substituents is 1. The van der Waals surface area contributed by atoms with Crippen LogP contribution in [0.1, 0.15) is 17.5 Å². The number of aryl methyl sites for hydroxylation is 1. The fourth-order valence-electron chi connectivity index (χ4n) is 3.07. The van der Waals surface area contributed by atoms with Crippen LogP contribution in [0.2, 0.25) is 5.02 Å². The molecule has 0 bridgehead atoms. The molecular weight excluding hydrogens is 436 g/mol. The van der Waals surface area contributed by atoms with Crippen LogP contribution in [0, 0.1) is 17.0 Å². The maximum atomic E-state index is 13.1. The van der Waals surface area contributed by atoms with Crippen LogP contribution in [0.4, 0.5) is 10.8 Å². The van der Waals surface area contributed by atoms with E-state index in [4.69, 9.17) is 16.6 Å². The Kier molecular flexibility index (Phi) is 7.37. The number of anilines is 1. The minimum atomic E-state index is -0.452. The fraction of sp³-hybridized carbons (Fsp3) is 0.273. The second kappa shape index (κ2) is 10.00. The summed E-state index contributed by atoms with van der Waals surface area (Å²) in [6, 6.07) is 9.78. The van der Waals surface area contributed by atoms with Crippen molar-refractivity contribution in [2.75, 3.05) is 32.1 Å². The molecule has 7 nitrogen and oxygen atoms in total. The standard InChI is InChI=1S/C22H23ClN4O3S/c1-15-13-17(23)14-19-21(15)24-22(31-19)26(12-4-11-25(2)3)20(28)10-7-16-5-8-18(9-6-16)27(29)30/h5-10,13-14H,4,11-12H2,1-3H3/b10-7+. The topological polar surface area (TPSA) is 79.6 Å². The van der Waals surface area contributed by atoms with Gasteiger partial charge in [0.25, 0.3) is 11.6 Å². The van der Waals surface area contributed by atoms with Gasteiger partial charge in [-0.1, -0.05) is 22.9 Å². The van der Waals surface area contributed by atoms with Gasteiger partial charge >= 0.3 is 0 Å². The number of nitro groups is 1. The van der Waals surface area contributed by atoms with Crippen LogP contribution in [0.15, 0.2) is 42.5 Å². The molecule has 1 heterocycles. The summed E-state index contributed by atoms with van der Waals surface area (Å²) in [6.45, 7) is 3.31. The summed E-state index contributed by atoms with van der Waals surface area (Å²) in [5.41, 5.74) is 2.53. The third-order valence-electron chi connectivity index (χ3n) is 4.65. The molecule has 0 unspecified atom stereocenters. The van der Waals surface area contributed by atoms with E-state index in [9.17, 15) is 14.9 Å². The minimum absolute atomic E-state index is 0.0114. The summed E-state index contributed by atoms with van der Waals surface area (Å²) in [5, 5.41) is 12.1. The zero-order valence-electron chi connectivity index (χ0n) is 17.5. The van der Waals surface area contributed by atoms with Crippen LogP contribution in [-0.2, 0) is 4.79 Å². The molecule has 1 aromatic heterocycles. The normalized spacial score (nSPS) is 11.5. The van der Waals surface area contributed by atoms with Crippen molar-refractivity contribution in [1.29, 1.82) is 0 Å². The molecule has 162 valence electrons. The zero-order valence-corrected chi connectivity index (χ0v) is 19.1. The van der Waals surface area contributed by atoms with E-state index < -0.39 is 4.92 Å². The molecule has 1 amide bonds. The molecule has 0 aliphatic carbocycles. The molecule has 0 aliphatic rings. The lowest BCUT2D eigenvalue weighted by Crippen LogP contribution is -2.32. The van der Waals surface area contributed by atoms with E-state index in [1.54, 1.807) is 23.1 Å². The van der Waals surface area contributed by atoms with E-state index in [0.29, 0.717) is 22.3 Å². The number of carbonyl (C=O) groups is 1. The maximum Gasteiger partial charge on any atom is 0.269 e. The lowest BCUT2D eigenvalue weighted by atomic mass is 10.2. The largest absolute Gasteiger partial charge is 0.309 e. The first-order chi connectivity index (χ1) is 14.7. The van der Waals surface area contributed by atoms with Crippen molar-refractivity contribution >= 4 is 56.0 Å². The van der Waals surface area contributed by atoms with Crippen molar-refractivity contribution in [2.24, 2.45) is 0 Å². The lowest BCUT2D eigenvalue weighted by Gasteiger charge is -2.19. The van der Waals surface area contributed by atoms with Gasteiger partial charge in [0.2, 0.25) is 0 Å². The SMILES string of the molecule is Cc1cc(Cl)cc2sc(N(CCCN(C)C)C(=O)/C=C/c3ccc([N+](=O)[O-])cc3)nc12. The average Bonchev–Trinajstić information content (AvgIpc) is 3.13. The van der Waals surface area contributed by atoms with E-state index in [2.05, 4.69) is 4.90 Å². The Hall–Kier alpha value is -2.81. The van der Waals surface area contributed by atoms with Gasteiger partial charge in [0.05, 0.1) is 15.1 Å². The highest BCUT2D eigenvalue weighted by Gasteiger charge is 2.19. The summed E-state index contributed by atoms with van der Waals surface area (Å²) in [5.74, 6) is -0.195. The summed E-state index contributed by atoms with van der Waals surface area (Å²) in [4.78, 5) is 31.8. The minimum Gasteiger partial charge on any atom is -0.309 e. The Morgan fingerprint density at radius 3 is 2.58 bits per heavy atom. The first kappa shape index (κ1) is 22.9. The van der Waals surface area contributed by atoms with E-state index in [1.165, 1.54) is 29.5 Å². The molecule has 0 aliphatic heterocycles. The number of non-ortho nitro benzene ring substituents is 1. The Morgan fingerprint density at radius 2 is 1.94 bits per heavy atom. The number of benzene rings is 2. The molecule has 0 radical (unpaired) electrons. The number of rotatable bonds is 8. The zero-order chi connectivity index (χ0) is 22.5. The van der Waals surface area contributed by atoms with Crippen molar-refractivity contribution in [2.45, 2.75) is 13.3 Å². The van der Waals surface area contributed by atoms with E-state index >= 15 is 0 Å². The maximum absolute atomic E-state index is 13.1. The molecule has 0 N–H and O–H groups in total. The molecule has 3 aromatic rings. The molecule has 0 atom stereocenters. The number of fused-ring (bicyclic) bond motifs is 1. The van der Waals surface area contributed by atoms with Gasteiger partial charge in [0.15, 0.2) is 5.13 Å². The fourth-order valence-corrected chi connectivity index (χ4v) is 4.52. The average molecular weight is 459 g/mol. The van der Waals surface area contributed by atoms with Crippen molar-refractivity contribution in [3.8, 4) is 0 Å². The molecule has 0 saturated heterocycles. The smallest absolute Gasteiger partial charge is 0.269 e. The van der Waals surface area contributed by atoms with Gasteiger partial charge in [0.1, 0.15) is 0 Å². The number of carbonyl (C=O) groups excluding carboxylic acids is 1. The van der Waals surface area contributed by atoms with Gasteiger partial charge < -0.3 is 4.90 Å². The lowest BCUT2D eigenvalue weighted by molar-refractivity contribution is -0.384. The van der Waals surface area contributed by atoms with Crippen molar-refractivity contribution in [3.63, 3.8) is 0 Å². The van der Waals surface area contributed by atoms with Crippen LogP contribution in [0.5, 0.6) is 0 Å². The number of hydrogen-bond acceptors (Lipinski definition) is 6. The van der Waals surface area contributed by atoms with Crippen LogP contribution >= 0.6 is 22.9 Å². The monoisotopic (exact) mass is 458 g/mol. The second-order valence-corrected chi connectivity index (χ2v) is 8.84. The second-order valence-electron chi connectivity index (χ2n) is 7.39. The van der Waals surface area contributed by atoms with Crippen molar-refractivity contribution < 1.29 is 9.72 Å². The first-order valence-corrected chi connectivity index (χ1v) is 10.9. The molecule has 31 heavy (non-hydrogen) atoms. The third-order valence-corrected chi connectivity index (χ3v) is 5.89. The first-order valence-electron chi connectivity index (χ1n) is 9.70. The van der Waals surface area contributed by atoms with E-state index in [1.807, 2.05) is 33.2 Å². The van der Waals surface area contributed by atoms with Crippen LogP contribution in [-0.4, -0.2) is 47.9 Å². The molecular formula is C22H23ClN4O3S. The third kappa shape index (κ3) is 5.88. The predicted octanol–water partition coefficient (Wildman–Crippen LogP) is 5.16. The Morgan fingerprint density at radius 1 is 1.23 bits per heavy atom. The number of thiazole rings is 1. The van der Waals surface area contributed by atoms with Crippen LogP contribution in [0.25, 0.3) is 16.3 Å².